The molecule has 3 rings (SSSR count). The summed E-state index contributed by atoms with van der Waals surface area (Å²) in [6.07, 6.45) is 0.756. The third-order valence-corrected chi connectivity index (χ3v) is 6.69. The smallest absolute Gasteiger partial charge is 0.264 e. The highest BCUT2D eigenvalue weighted by Gasteiger charge is 2.28. The quantitative estimate of drug-likeness (QED) is 0.525. The normalized spacial score (nSPS) is 12.4. The Balaban J connectivity index is 1.88. The molecule has 0 saturated carbocycles. The summed E-state index contributed by atoms with van der Waals surface area (Å²) in [6, 6.07) is 26.4. The molecule has 6 heteroatoms. The molecular formula is C25H28N2O3S. The van der Waals surface area contributed by atoms with Crippen molar-refractivity contribution < 1.29 is 13.2 Å². The highest BCUT2D eigenvalue weighted by Crippen LogP contribution is 2.24. The molecule has 0 radical (unpaired) electrons. The van der Waals surface area contributed by atoms with Crippen molar-refractivity contribution in [3.8, 4) is 0 Å². The van der Waals surface area contributed by atoms with Gasteiger partial charge in [-0.15, -0.1) is 0 Å². The van der Waals surface area contributed by atoms with Gasteiger partial charge in [0.05, 0.1) is 16.6 Å². The number of benzene rings is 3. The van der Waals surface area contributed by atoms with Crippen molar-refractivity contribution in [1.82, 2.24) is 5.32 Å². The molecule has 0 aliphatic carbocycles. The molecule has 3 aromatic carbocycles. The van der Waals surface area contributed by atoms with Crippen LogP contribution in [0.5, 0.6) is 0 Å². The van der Waals surface area contributed by atoms with Crippen LogP contribution in [0.3, 0.4) is 0 Å². The predicted molar refractivity (Wildman–Crippen MR) is 124 cm³/mol. The Morgan fingerprint density at radius 1 is 0.839 bits per heavy atom. The molecule has 0 aliphatic rings. The van der Waals surface area contributed by atoms with Gasteiger partial charge in [0.15, 0.2) is 0 Å². The van der Waals surface area contributed by atoms with Crippen molar-refractivity contribution in [2.75, 3.05) is 10.8 Å². The van der Waals surface area contributed by atoms with Crippen LogP contribution in [0.25, 0.3) is 0 Å². The first-order valence-corrected chi connectivity index (χ1v) is 11.8. The number of nitrogens with zero attached hydrogens (tertiary/aromatic N) is 1. The van der Waals surface area contributed by atoms with E-state index in [0.29, 0.717) is 11.6 Å². The Morgan fingerprint density at radius 3 is 1.90 bits per heavy atom. The number of nitrogens with one attached hydrogen (secondary N) is 1. The maximum Gasteiger partial charge on any atom is 0.264 e. The average molecular weight is 437 g/mol. The molecule has 1 N–H and O–H groups in total. The lowest BCUT2D eigenvalue weighted by atomic mass is 9.97. The molecule has 1 atom stereocenters. The lowest BCUT2D eigenvalue weighted by Gasteiger charge is -2.26. The number of carbonyl (C=O) groups is 1. The van der Waals surface area contributed by atoms with Crippen LogP contribution in [-0.4, -0.2) is 20.9 Å². The van der Waals surface area contributed by atoms with E-state index < -0.39 is 10.0 Å². The van der Waals surface area contributed by atoms with Gasteiger partial charge in [0.25, 0.3) is 10.0 Å². The van der Waals surface area contributed by atoms with Crippen molar-refractivity contribution >= 4 is 21.6 Å². The van der Waals surface area contributed by atoms with E-state index in [1.165, 1.54) is 12.1 Å². The number of carbonyl (C=O) groups excluding carboxylic acids is 1. The first-order valence-electron chi connectivity index (χ1n) is 10.3. The summed E-state index contributed by atoms with van der Waals surface area (Å²) in [5, 5.41) is 3.04. The molecule has 0 saturated heterocycles. The van der Waals surface area contributed by atoms with E-state index in [1.54, 1.807) is 42.5 Å². The number of amides is 1. The number of sulfonamides is 1. The van der Waals surface area contributed by atoms with Crippen molar-refractivity contribution in [3.63, 3.8) is 0 Å². The second kappa shape index (κ2) is 10.3. The Labute approximate surface area is 184 Å². The topological polar surface area (TPSA) is 66.5 Å². The van der Waals surface area contributed by atoms with E-state index in [2.05, 4.69) is 19.2 Å². The van der Waals surface area contributed by atoms with Gasteiger partial charge in [-0.3, -0.25) is 9.10 Å². The second-order valence-electron chi connectivity index (χ2n) is 7.82. The number of anilines is 1. The Kier molecular flexibility index (Phi) is 7.47. The molecule has 1 amide bonds. The monoisotopic (exact) mass is 436 g/mol. The van der Waals surface area contributed by atoms with Gasteiger partial charge in [-0.2, -0.15) is 0 Å². The lowest BCUT2D eigenvalue weighted by Crippen LogP contribution is -2.42. The van der Waals surface area contributed by atoms with Crippen LogP contribution in [0, 0.1) is 5.92 Å². The van der Waals surface area contributed by atoms with E-state index in [0.717, 1.165) is 16.3 Å². The summed E-state index contributed by atoms with van der Waals surface area (Å²) >= 11 is 0. The van der Waals surface area contributed by atoms with Crippen molar-refractivity contribution in [2.24, 2.45) is 5.92 Å². The van der Waals surface area contributed by atoms with Crippen LogP contribution in [0.2, 0.25) is 0 Å². The summed E-state index contributed by atoms with van der Waals surface area (Å²) < 4.78 is 27.9. The third-order valence-electron chi connectivity index (χ3n) is 4.91. The third kappa shape index (κ3) is 5.95. The summed E-state index contributed by atoms with van der Waals surface area (Å²) in [4.78, 5) is 13.2. The van der Waals surface area contributed by atoms with E-state index >= 15 is 0 Å². The maximum atomic E-state index is 13.3. The minimum Gasteiger partial charge on any atom is -0.348 e. The number of rotatable bonds is 9. The van der Waals surface area contributed by atoms with Crippen molar-refractivity contribution in [3.05, 3.63) is 96.6 Å². The summed E-state index contributed by atoms with van der Waals surface area (Å²) in [5.41, 5.74) is 1.45. The van der Waals surface area contributed by atoms with Crippen LogP contribution < -0.4 is 9.62 Å². The van der Waals surface area contributed by atoms with Crippen molar-refractivity contribution in [2.45, 2.75) is 31.2 Å². The van der Waals surface area contributed by atoms with Gasteiger partial charge in [0, 0.05) is 0 Å². The molecule has 5 nitrogen and oxygen atoms in total. The van der Waals surface area contributed by atoms with Crippen LogP contribution in [-0.2, 0) is 14.8 Å². The first-order chi connectivity index (χ1) is 14.9. The highest BCUT2D eigenvalue weighted by molar-refractivity contribution is 7.92. The minimum atomic E-state index is -3.90. The molecule has 31 heavy (non-hydrogen) atoms. The minimum absolute atomic E-state index is 0.147. The second-order valence-corrected chi connectivity index (χ2v) is 9.68. The molecule has 0 spiro atoms. The van der Waals surface area contributed by atoms with E-state index in [-0.39, 0.29) is 23.4 Å². The van der Waals surface area contributed by atoms with Crippen LogP contribution >= 0.6 is 0 Å². The summed E-state index contributed by atoms with van der Waals surface area (Å²) in [7, 11) is -3.90. The Bertz CT molecular complexity index is 1070. The molecule has 162 valence electrons. The molecular weight excluding hydrogens is 408 g/mol. The molecule has 3 aromatic rings. The lowest BCUT2D eigenvalue weighted by molar-refractivity contribution is -0.120. The SMILES string of the molecule is CC(C)C[C@H](NC(=O)CN(c1ccccc1)S(=O)(=O)c1ccccc1)c1ccccc1. The van der Waals surface area contributed by atoms with Crippen LogP contribution in [0.1, 0.15) is 31.9 Å². The molecule has 0 unspecified atom stereocenters. The molecule has 0 heterocycles. The van der Waals surface area contributed by atoms with Gasteiger partial charge in [-0.25, -0.2) is 8.42 Å². The fraction of sp³-hybridized carbons (Fsp3) is 0.240. The molecule has 0 aliphatic heterocycles. The first kappa shape index (κ1) is 22.6. The predicted octanol–water partition coefficient (Wildman–Crippen LogP) is 4.79. The maximum absolute atomic E-state index is 13.3. The van der Waals surface area contributed by atoms with E-state index in [1.807, 2.05) is 36.4 Å². The highest BCUT2D eigenvalue weighted by atomic mass is 32.2. The Morgan fingerprint density at radius 2 is 1.35 bits per heavy atom. The van der Waals surface area contributed by atoms with Gasteiger partial charge in [0.2, 0.25) is 5.91 Å². The zero-order valence-electron chi connectivity index (χ0n) is 17.8. The molecule has 0 aromatic heterocycles. The number of hydrogen-bond donors (Lipinski definition) is 1. The largest absolute Gasteiger partial charge is 0.348 e. The number of para-hydroxylation sites is 1. The average Bonchev–Trinajstić information content (AvgIpc) is 2.78. The van der Waals surface area contributed by atoms with Gasteiger partial charge in [-0.1, -0.05) is 80.6 Å². The fourth-order valence-corrected chi connectivity index (χ4v) is 4.88. The van der Waals surface area contributed by atoms with Gasteiger partial charge in [0.1, 0.15) is 6.54 Å². The standard InChI is InChI=1S/C25H28N2O3S/c1-20(2)18-24(21-12-6-3-7-13-21)26-25(28)19-27(22-14-8-4-9-15-22)31(29,30)23-16-10-5-11-17-23/h3-17,20,24H,18-19H2,1-2H3,(H,26,28)/t24-/m0/s1. The molecule has 0 fully saturated rings. The van der Waals surface area contributed by atoms with Gasteiger partial charge >= 0.3 is 0 Å². The summed E-state index contributed by atoms with van der Waals surface area (Å²) in [6.45, 7) is 3.89. The van der Waals surface area contributed by atoms with Crippen LogP contribution in [0.4, 0.5) is 5.69 Å². The van der Waals surface area contributed by atoms with Crippen molar-refractivity contribution in [1.29, 1.82) is 0 Å². The Hall–Kier alpha value is -3.12. The fourth-order valence-electron chi connectivity index (χ4n) is 3.43. The summed E-state index contributed by atoms with van der Waals surface area (Å²) in [5.74, 6) is 0.0154. The van der Waals surface area contributed by atoms with E-state index in [9.17, 15) is 13.2 Å². The number of hydrogen-bond acceptors (Lipinski definition) is 3. The molecule has 0 bridgehead atoms. The van der Waals surface area contributed by atoms with E-state index in [4.69, 9.17) is 0 Å². The zero-order valence-corrected chi connectivity index (χ0v) is 18.6. The van der Waals surface area contributed by atoms with Crippen LogP contribution in [0.15, 0.2) is 95.9 Å². The zero-order chi connectivity index (χ0) is 22.3. The van der Waals surface area contributed by atoms with Gasteiger partial charge < -0.3 is 5.32 Å². The van der Waals surface area contributed by atoms with Gasteiger partial charge in [-0.05, 0) is 42.2 Å².